The van der Waals surface area contributed by atoms with E-state index in [1.54, 1.807) is 24.3 Å². The summed E-state index contributed by atoms with van der Waals surface area (Å²) in [5, 5.41) is 7.81. The Labute approximate surface area is 128 Å². The lowest BCUT2D eigenvalue weighted by molar-refractivity contribution is 0.612. The van der Waals surface area contributed by atoms with Crippen LogP contribution in [-0.2, 0) is 12.8 Å². The van der Waals surface area contributed by atoms with Crippen LogP contribution in [0.15, 0.2) is 36.4 Å². The number of anilines is 2. The third-order valence-electron chi connectivity index (χ3n) is 3.58. The molecule has 0 amide bonds. The van der Waals surface area contributed by atoms with Crippen molar-refractivity contribution in [2.24, 2.45) is 5.73 Å². The van der Waals surface area contributed by atoms with E-state index in [2.05, 4.69) is 0 Å². The third kappa shape index (κ3) is 3.08. The molecular formula is C17H19F2N3. The second kappa shape index (κ2) is 6.56. The monoisotopic (exact) mass is 303 g/mol. The fraction of sp³-hybridized carbons (Fsp3) is 0.235. The number of hydrogen-bond donors (Lipinski definition) is 2. The van der Waals surface area contributed by atoms with Crippen molar-refractivity contribution in [3.05, 3.63) is 59.2 Å². The Morgan fingerprint density at radius 2 is 1.36 bits per heavy atom. The van der Waals surface area contributed by atoms with Crippen LogP contribution in [0.4, 0.5) is 20.2 Å². The maximum atomic E-state index is 13.7. The molecule has 0 unspecified atom stereocenters. The van der Waals surface area contributed by atoms with Crippen molar-refractivity contribution < 1.29 is 8.78 Å². The van der Waals surface area contributed by atoms with Crippen LogP contribution in [-0.4, -0.2) is 5.96 Å². The van der Waals surface area contributed by atoms with Crippen molar-refractivity contribution in [3.8, 4) is 0 Å². The number of guanidine groups is 1. The molecule has 0 heterocycles. The zero-order valence-corrected chi connectivity index (χ0v) is 12.7. The highest BCUT2D eigenvalue weighted by Crippen LogP contribution is 2.28. The third-order valence-corrected chi connectivity index (χ3v) is 3.58. The van der Waals surface area contributed by atoms with Crippen LogP contribution in [0, 0.1) is 17.0 Å². The van der Waals surface area contributed by atoms with E-state index < -0.39 is 0 Å². The van der Waals surface area contributed by atoms with Crippen molar-refractivity contribution in [2.75, 3.05) is 4.90 Å². The number of aryl methyl sites for hydroxylation is 2. The molecule has 2 aromatic rings. The standard InChI is InChI=1S/C17H19F2N3/c1-3-11-9-13(5-7-15(11)18)22(17(20)21)14-6-8-16(19)12(4-2)10-14/h5-10H,3-4H2,1-2H3,(H3,20,21). The molecule has 0 atom stereocenters. The van der Waals surface area contributed by atoms with Crippen LogP contribution in [0.3, 0.4) is 0 Å². The predicted molar refractivity (Wildman–Crippen MR) is 85.6 cm³/mol. The SMILES string of the molecule is CCc1cc(N(C(=N)N)c2ccc(F)c(CC)c2)ccc1F. The van der Waals surface area contributed by atoms with Crippen molar-refractivity contribution in [3.63, 3.8) is 0 Å². The highest BCUT2D eigenvalue weighted by atomic mass is 19.1. The highest BCUT2D eigenvalue weighted by molar-refractivity contribution is 6.00. The summed E-state index contributed by atoms with van der Waals surface area (Å²) >= 11 is 0. The van der Waals surface area contributed by atoms with E-state index in [4.69, 9.17) is 11.1 Å². The smallest absolute Gasteiger partial charge is 0.197 e. The van der Waals surface area contributed by atoms with Gasteiger partial charge in [-0.3, -0.25) is 10.3 Å². The zero-order valence-electron chi connectivity index (χ0n) is 12.7. The van der Waals surface area contributed by atoms with Gasteiger partial charge in [0.15, 0.2) is 5.96 Å². The molecule has 0 fully saturated rings. The lowest BCUT2D eigenvalue weighted by Gasteiger charge is -2.24. The first kappa shape index (κ1) is 15.9. The molecule has 0 bridgehead atoms. The van der Waals surface area contributed by atoms with Crippen molar-refractivity contribution in [2.45, 2.75) is 26.7 Å². The first-order valence-corrected chi connectivity index (χ1v) is 7.18. The summed E-state index contributed by atoms with van der Waals surface area (Å²) < 4.78 is 27.3. The van der Waals surface area contributed by atoms with Gasteiger partial charge in [0.1, 0.15) is 11.6 Å². The van der Waals surface area contributed by atoms with Crippen LogP contribution in [0.2, 0.25) is 0 Å². The summed E-state index contributed by atoms with van der Waals surface area (Å²) in [6, 6.07) is 9.15. The maximum absolute atomic E-state index is 13.7. The molecular weight excluding hydrogens is 284 g/mol. The van der Waals surface area contributed by atoms with Crippen molar-refractivity contribution in [1.82, 2.24) is 0 Å². The molecule has 0 aliphatic carbocycles. The Balaban J connectivity index is 2.53. The highest BCUT2D eigenvalue weighted by Gasteiger charge is 2.15. The van der Waals surface area contributed by atoms with Gasteiger partial charge in [-0.25, -0.2) is 8.78 Å². The average molecular weight is 303 g/mol. The van der Waals surface area contributed by atoms with E-state index >= 15 is 0 Å². The fourth-order valence-electron chi connectivity index (χ4n) is 2.37. The van der Waals surface area contributed by atoms with Crippen LogP contribution < -0.4 is 10.6 Å². The van der Waals surface area contributed by atoms with Gasteiger partial charge >= 0.3 is 0 Å². The van der Waals surface area contributed by atoms with Gasteiger partial charge in [0, 0.05) is 11.4 Å². The molecule has 2 aromatic carbocycles. The Morgan fingerprint density at radius 1 is 0.955 bits per heavy atom. The minimum Gasteiger partial charge on any atom is -0.369 e. The quantitative estimate of drug-likeness (QED) is 0.659. The predicted octanol–water partition coefficient (Wildman–Crippen LogP) is 4.12. The molecule has 2 rings (SSSR count). The number of benzene rings is 2. The van der Waals surface area contributed by atoms with E-state index in [-0.39, 0.29) is 17.6 Å². The molecule has 0 saturated heterocycles. The summed E-state index contributed by atoms with van der Waals surface area (Å²) in [4.78, 5) is 1.47. The summed E-state index contributed by atoms with van der Waals surface area (Å²) in [5.74, 6) is -0.784. The molecule has 0 saturated carbocycles. The van der Waals surface area contributed by atoms with Gasteiger partial charge in [0.2, 0.25) is 0 Å². The largest absolute Gasteiger partial charge is 0.369 e. The van der Waals surface area contributed by atoms with E-state index in [1.165, 1.54) is 17.0 Å². The summed E-state index contributed by atoms with van der Waals surface area (Å²) in [6.45, 7) is 3.71. The number of rotatable bonds is 4. The molecule has 3 nitrogen and oxygen atoms in total. The number of hydrogen-bond acceptors (Lipinski definition) is 1. The van der Waals surface area contributed by atoms with Crippen LogP contribution in [0.5, 0.6) is 0 Å². The van der Waals surface area contributed by atoms with Gasteiger partial charge < -0.3 is 5.73 Å². The van der Waals surface area contributed by atoms with Crippen LogP contribution in [0.1, 0.15) is 25.0 Å². The molecule has 22 heavy (non-hydrogen) atoms. The van der Waals surface area contributed by atoms with Gasteiger partial charge in [-0.1, -0.05) is 13.8 Å². The minimum atomic E-state index is -0.289. The molecule has 0 aromatic heterocycles. The summed E-state index contributed by atoms with van der Waals surface area (Å²) in [5.41, 5.74) is 7.93. The second-order valence-electron chi connectivity index (χ2n) is 4.98. The van der Waals surface area contributed by atoms with Crippen molar-refractivity contribution >= 4 is 17.3 Å². The minimum absolute atomic E-state index is 0.206. The van der Waals surface area contributed by atoms with E-state index in [0.717, 1.165) is 0 Å². The first-order chi connectivity index (χ1) is 10.5. The molecule has 5 heteroatoms. The normalized spacial score (nSPS) is 10.5. The number of nitrogens with one attached hydrogen (secondary N) is 1. The van der Waals surface area contributed by atoms with Crippen molar-refractivity contribution in [1.29, 1.82) is 5.41 Å². The molecule has 3 N–H and O–H groups in total. The van der Waals surface area contributed by atoms with Crippen LogP contribution >= 0.6 is 0 Å². The van der Waals surface area contributed by atoms with Gasteiger partial charge in [-0.15, -0.1) is 0 Å². The molecule has 116 valence electrons. The van der Waals surface area contributed by atoms with Gasteiger partial charge in [0.05, 0.1) is 0 Å². The van der Waals surface area contributed by atoms with Crippen LogP contribution in [0.25, 0.3) is 0 Å². The number of halogens is 2. The molecule has 0 radical (unpaired) electrons. The fourth-order valence-corrected chi connectivity index (χ4v) is 2.37. The molecule has 0 spiro atoms. The Hall–Kier alpha value is -2.43. The Morgan fingerprint density at radius 3 is 1.68 bits per heavy atom. The van der Waals surface area contributed by atoms with E-state index in [9.17, 15) is 8.78 Å². The van der Waals surface area contributed by atoms with Gasteiger partial charge in [-0.2, -0.15) is 0 Å². The van der Waals surface area contributed by atoms with E-state index in [1.807, 2.05) is 13.8 Å². The zero-order chi connectivity index (χ0) is 16.3. The number of nitrogens with two attached hydrogens (primary N) is 1. The first-order valence-electron chi connectivity index (χ1n) is 7.18. The summed E-state index contributed by atoms with van der Waals surface area (Å²) in [7, 11) is 0. The molecule has 0 aliphatic heterocycles. The number of nitrogens with zero attached hydrogens (tertiary/aromatic N) is 1. The maximum Gasteiger partial charge on any atom is 0.197 e. The van der Waals surface area contributed by atoms with Gasteiger partial charge in [0.25, 0.3) is 0 Å². The average Bonchev–Trinajstić information content (AvgIpc) is 2.50. The topological polar surface area (TPSA) is 53.1 Å². The lowest BCUT2D eigenvalue weighted by Crippen LogP contribution is -2.32. The van der Waals surface area contributed by atoms with E-state index in [0.29, 0.717) is 35.3 Å². The molecule has 0 aliphatic rings. The lowest BCUT2D eigenvalue weighted by atomic mass is 10.1. The summed E-state index contributed by atoms with van der Waals surface area (Å²) in [6.07, 6.45) is 1.07. The second-order valence-corrected chi connectivity index (χ2v) is 4.98. The Kier molecular flexibility index (Phi) is 4.75. The van der Waals surface area contributed by atoms with Gasteiger partial charge in [-0.05, 0) is 60.4 Å². The Bertz CT molecular complexity index is 645.